The normalized spacial score (nSPS) is 18.2. The molecule has 1 aliphatic rings. The number of carbonyl (C=O) groups excluding carboxylic acids is 1. The standard InChI is InChI=1S/C19H25N3OS/c1-14-13-24-18(20-14)17-6-4-5-11-22(17)19(23)16-9-7-15(8-10-16)12-21(2)3/h7-10,13,17H,4-6,11-12H2,1-3H3. The summed E-state index contributed by atoms with van der Waals surface area (Å²) in [7, 11) is 4.10. The van der Waals surface area contributed by atoms with Gasteiger partial charge in [-0.2, -0.15) is 0 Å². The summed E-state index contributed by atoms with van der Waals surface area (Å²) in [5, 5.41) is 3.15. The van der Waals surface area contributed by atoms with Gasteiger partial charge in [-0.1, -0.05) is 12.1 Å². The largest absolute Gasteiger partial charge is 0.329 e. The quantitative estimate of drug-likeness (QED) is 0.845. The van der Waals surface area contributed by atoms with Gasteiger partial charge in [-0.15, -0.1) is 11.3 Å². The van der Waals surface area contributed by atoms with Crippen LogP contribution in [-0.2, 0) is 6.54 Å². The van der Waals surface area contributed by atoms with Crippen molar-refractivity contribution < 1.29 is 4.79 Å². The third-order valence-corrected chi connectivity index (χ3v) is 5.45. The van der Waals surface area contributed by atoms with Gasteiger partial charge in [0.1, 0.15) is 5.01 Å². The van der Waals surface area contributed by atoms with Gasteiger partial charge in [-0.3, -0.25) is 4.79 Å². The highest BCUT2D eigenvalue weighted by molar-refractivity contribution is 7.09. The highest BCUT2D eigenvalue weighted by Crippen LogP contribution is 2.33. The van der Waals surface area contributed by atoms with Crippen LogP contribution >= 0.6 is 11.3 Å². The van der Waals surface area contributed by atoms with Crippen LogP contribution in [0.2, 0.25) is 0 Å². The molecule has 0 saturated carbocycles. The number of nitrogens with zero attached hydrogens (tertiary/aromatic N) is 3. The van der Waals surface area contributed by atoms with Crippen molar-refractivity contribution in [3.63, 3.8) is 0 Å². The zero-order chi connectivity index (χ0) is 17.1. The predicted molar refractivity (Wildman–Crippen MR) is 98.3 cm³/mol. The molecule has 1 fully saturated rings. The van der Waals surface area contributed by atoms with Crippen molar-refractivity contribution in [1.82, 2.24) is 14.8 Å². The summed E-state index contributed by atoms with van der Waals surface area (Å²) in [6.07, 6.45) is 3.25. The first-order chi connectivity index (χ1) is 11.5. The number of rotatable bonds is 4. The van der Waals surface area contributed by atoms with E-state index in [-0.39, 0.29) is 11.9 Å². The lowest BCUT2D eigenvalue weighted by molar-refractivity contribution is 0.0611. The lowest BCUT2D eigenvalue weighted by atomic mass is 10.0. The van der Waals surface area contributed by atoms with Crippen molar-refractivity contribution in [2.24, 2.45) is 0 Å². The maximum atomic E-state index is 13.0. The summed E-state index contributed by atoms with van der Waals surface area (Å²) >= 11 is 1.67. The third kappa shape index (κ3) is 3.84. The van der Waals surface area contributed by atoms with Gasteiger partial charge in [0.25, 0.3) is 5.91 Å². The van der Waals surface area contributed by atoms with E-state index >= 15 is 0 Å². The number of hydrogen-bond acceptors (Lipinski definition) is 4. The zero-order valence-corrected chi connectivity index (χ0v) is 15.5. The van der Waals surface area contributed by atoms with Crippen molar-refractivity contribution >= 4 is 17.2 Å². The van der Waals surface area contributed by atoms with E-state index < -0.39 is 0 Å². The minimum Gasteiger partial charge on any atom is -0.329 e. The van der Waals surface area contributed by atoms with Crippen molar-refractivity contribution in [1.29, 1.82) is 0 Å². The van der Waals surface area contributed by atoms with E-state index in [4.69, 9.17) is 0 Å². The molecule has 0 radical (unpaired) electrons. The predicted octanol–water partition coefficient (Wildman–Crippen LogP) is 3.88. The Bertz CT molecular complexity index is 693. The van der Waals surface area contributed by atoms with E-state index in [1.807, 2.05) is 38.1 Å². The van der Waals surface area contributed by atoms with Gasteiger partial charge < -0.3 is 9.80 Å². The zero-order valence-electron chi connectivity index (χ0n) is 14.7. The van der Waals surface area contributed by atoms with Crippen molar-refractivity contribution in [3.8, 4) is 0 Å². The number of hydrogen-bond donors (Lipinski definition) is 0. The molecule has 128 valence electrons. The molecule has 1 atom stereocenters. The van der Waals surface area contributed by atoms with Gasteiger partial charge in [0.2, 0.25) is 0 Å². The molecule has 0 spiro atoms. The fraction of sp³-hybridized carbons (Fsp3) is 0.474. The van der Waals surface area contributed by atoms with Crippen LogP contribution in [0.4, 0.5) is 0 Å². The Hall–Kier alpha value is -1.72. The number of amides is 1. The first kappa shape index (κ1) is 17.1. The molecule has 1 aromatic carbocycles. The highest BCUT2D eigenvalue weighted by Gasteiger charge is 2.30. The number of benzene rings is 1. The molecule has 0 aliphatic carbocycles. The molecule has 4 nitrogen and oxygen atoms in total. The fourth-order valence-corrected chi connectivity index (χ4v) is 4.18. The van der Waals surface area contributed by atoms with Crippen LogP contribution in [0.1, 0.15) is 51.9 Å². The number of piperidine rings is 1. The highest BCUT2D eigenvalue weighted by atomic mass is 32.1. The van der Waals surface area contributed by atoms with Crippen LogP contribution in [-0.4, -0.2) is 41.3 Å². The Balaban J connectivity index is 1.78. The molecule has 1 saturated heterocycles. The molecule has 24 heavy (non-hydrogen) atoms. The second kappa shape index (κ2) is 7.45. The average molecular weight is 343 g/mol. The number of carbonyl (C=O) groups is 1. The monoisotopic (exact) mass is 343 g/mol. The fourth-order valence-electron chi connectivity index (χ4n) is 3.24. The average Bonchev–Trinajstić information content (AvgIpc) is 3.01. The molecular weight excluding hydrogens is 318 g/mol. The number of likely N-dealkylation sites (tertiary alicyclic amines) is 1. The van der Waals surface area contributed by atoms with E-state index in [0.29, 0.717) is 0 Å². The lowest BCUT2D eigenvalue weighted by Crippen LogP contribution is -2.38. The minimum atomic E-state index is 0.129. The summed E-state index contributed by atoms with van der Waals surface area (Å²) in [6, 6.07) is 8.16. The summed E-state index contributed by atoms with van der Waals surface area (Å²) in [6.45, 7) is 3.72. The Labute approximate surface area is 148 Å². The molecule has 3 rings (SSSR count). The van der Waals surface area contributed by atoms with Gasteiger partial charge >= 0.3 is 0 Å². The topological polar surface area (TPSA) is 36.4 Å². The Morgan fingerprint density at radius 2 is 2.04 bits per heavy atom. The Morgan fingerprint density at radius 3 is 2.67 bits per heavy atom. The van der Waals surface area contributed by atoms with E-state index in [9.17, 15) is 4.79 Å². The van der Waals surface area contributed by atoms with Crippen LogP contribution < -0.4 is 0 Å². The first-order valence-corrected chi connectivity index (χ1v) is 9.39. The molecule has 2 heterocycles. The maximum absolute atomic E-state index is 13.0. The Kier molecular flexibility index (Phi) is 5.31. The summed E-state index contributed by atoms with van der Waals surface area (Å²) in [5.41, 5.74) is 3.04. The summed E-state index contributed by atoms with van der Waals surface area (Å²) in [4.78, 5) is 21.8. The molecule has 0 N–H and O–H groups in total. The van der Waals surface area contributed by atoms with E-state index in [2.05, 4.69) is 27.4 Å². The van der Waals surface area contributed by atoms with Crippen LogP contribution in [0.15, 0.2) is 29.6 Å². The molecule has 1 amide bonds. The second-order valence-electron chi connectivity index (χ2n) is 6.77. The number of aromatic nitrogens is 1. The molecule has 2 aromatic rings. The van der Waals surface area contributed by atoms with Crippen LogP contribution in [0, 0.1) is 6.92 Å². The molecule has 0 bridgehead atoms. The maximum Gasteiger partial charge on any atom is 0.254 e. The lowest BCUT2D eigenvalue weighted by Gasteiger charge is -2.34. The minimum absolute atomic E-state index is 0.129. The summed E-state index contributed by atoms with van der Waals surface area (Å²) in [5.74, 6) is 0.129. The SMILES string of the molecule is Cc1csc(C2CCCCN2C(=O)c2ccc(CN(C)C)cc2)n1. The van der Waals surface area contributed by atoms with E-state index in [1.165, 1.54) is 5.56 Å². The third-order valence-electron chi connectivity index (χ3n) is 4.39. The first-order valence-electron chi connectivity index (χ1n) is 8.51. The van der Waals surface area contributed by atoms with Gasteiger partial charge in [0.05, 0.1) is 6.04 Å². The smallest absolute Gasteiger partial charge is 0.254 e. The molecule has 1 unspecified atom stereocenters. The van der Waals surface area contributed by atoms with Gasteiger partial charge in [-0.05, 0) is 58.0 Å². The van der Waals surface area contributed by atoms with Crippen molar-refractivity contribution in [2.45, 2.75) is 38.8 Å². The molecular formula is C19H25N3OS. The second-order valence-corrected chi connectivity index (χ2v) is 7.66. The Morgan fingerprint density at radius 1 is 1.29 bits per heavy atom. The molecule has 1 aromatic heterocycles. The van der Waals surface area contributed by atoms with E-state index in [0.717, 1.165) is 48.6 Å². The molecule has 1 aliphatic heterocycles. The molecule has 5 heteroatoms. The summed E-state index contributed by atoms with van der Waals surface area (Å²) < 4.78 is 0. The number of aryl methyl sites for hydroxylation is 1. The van der Waals surface area contributed by atoms with E-state index in [1.54, 1.807) is 11.3 Å². The van der Waals surface area contributed by atoms with Gasteiger partial charge in [0, 0.05) is 29.7 Å². The number of thiazole rings is 1. The van der Waals surface area contributed by atoms with Gasteiger partial charge in [0.15, 0.2) is 0 Å². The van der Waals surface area contributed by atoms with Gasteiger partial charge in [-0.25, -0.2) is 4.98 Å². The van der Waals surface area contributed by atoms with Crippen LogP contribution in [0.25, 0.3) is 0 Å². The van der Waals surface area contributed by atoms with Crippen molar-refractivity contribution in [2.75, 3.05) is 20.6 Å². The van der Waals surface area contributed by atoms with Crippen LogP contribution in [0.3, 0.4) is 0 Å². The van der Waals surface area contributed by atoms with Crippen molar-refractivity contribution in [3.05, 3.63) is 51.5 Å². The van der Waals surface area contributed by atoms with Crippen LogP contribution in [0.5, 0.6) is 0 Å².